The van der Waals surface area contributed by atoms with Crippen LogP contribution in [-0.2, 0) is 24.0 Å². The number of carbonyl (C=O) groups excluding carboxylic acids is 4. The Labute approximate surface area is 189 Å². The molecule has 5 unspecified atom stereocenters. The Bertz CT molecular complexity index is 682. The van der Waals surface area contributed by atoms with Crippen LogP contribution in [0.2, 0.25) is 0 Å². The van der Waals surface area contributed by atoms with Crippen LogP contribution in [0.25, 0.3) is 0 Å². The fraction of sp³-hybridized carbons (Fsp3) is 0.762. The zero-order valence-electron chi connectivity index (χ0n) is 19.8. The van der Waals surface area contributed by atoms with Gasteiger partial charge in [0.2, 0.25) is 23.6 Å². The molecular formula is C21H39N5O6. The van der Waals surface area contributed by atoms with E-state index in [1.54, 1.807) is 13.8 Å². The molecule has 0 bridgehead atoms. The second-order valence-corrected chi connectivity index (χ2v) is 8.90. The van der Waals surface area contributed by atoms with Crippen molar-refractivity contribution in [3.05, 3.63) is 0 Å². The summed E-state index contributed by atoms with van der Waals surface area (Å²) in [6.07, 6.45) is 0.428. The van der Waals surface area contributed by atoms with Gasteiger partial charge in [0.1, 0.15) is 18.1 Å². The summed E-state index contributed by atoms with van der Waals surface area (Å²) in [7, 11) is 0. The van der Waals surface area contributed by atoms with Crippen molar-refractivity contribution in [2.45, 2.75) is 85.0 Å². The number of primary amides is 1. The van der Waals surface area contributed by atoms with Gasteiger partial charge in [0.25, 0.3) is 0 Å². The van der Waals surface area contributed by atoms with Crippen LogP contribution in [0.5, 0.6) is 0 Å². The summed E-state index contributed by atoms with van der Waals surface area (Å²) in [6, 6.07) is -4.31. The Kier molecular flexibility index (Phi) is 12.5. The van der Waals surface area contributed by atoms with Gasteiger partial charge in [-0.3, -0.25) is 19.2 Å². The third kappa shape index (κ3) is 10.1. The van der Waals surface area contributed by atoms with Crippen LogP contribution in [0.1, 0.15) is 60.8 Å². The highest BCUT2D eigenvalue weighted by Gasteiger charge is 2.33. The first-order valence-electron chi connectivity index (χ1n) is 10.9. The number of aliphatic carboxylic acids is 1. The summed E-state index contributed by atoms with van der Waals surface area (Å²) in [6.45, 7) is 10.9. The molecule has 5 atom stereocenters. The molecule has 0 aromatic rings. The van der Waals surface area contributed by atoms with Crippen LogP contribution in [0.3, 0.4) is 0 Å². The maximum Gasteiger partial charge on any atom is 0.326 e. The van der Waals surface area contributed by atoms with Crippen LogP contribution >= 0.6 is 0 Å². The molecule has 0 aromatic heterocycles. The molecule has 0 radical (unpaired) electrons. The van der Waals surface area contributed by atoms with Crippen LogP contribution in [0.15, 0.2) is 0 Å². The zero-order valence-corrected chi connectivity index (χ0v) is 19.8. The first-order valence-corrected chi connectivity index (χ1v) is 10.9. The number of nitrogens with two attached hydrogens (primary N) is 2. The monoisotopic (exact) mass is 457 g/mol. The standard InChI is InChI=1S/C21H39N5O6/c1-7-12(6)16(23)19(29)24-13(8-10(2)3)18(28)26-17(11(4)5)20(30)25-14(21(31)32)9-15(22)27/h10-14,16-17H,7-9,23H2,1-6H3,(H2,22,27)(H,24,29)(H,25,30)(H,26,28)(H,31,32). The fourth-order valence-corrected chi connectivity index (χ4v) is 2.93. The Morgan fingerprint density at radius 3 is 1.78 bits per heavy atom. The fourth-order valence-electron chi connectivity index (χ4n) is 2.93. The van der Waals surface area contributed by atoms with E-state index in [-0.39, 0.29) is 11.8 Å². The summed E-state index contributed by atoms with van der Waals surface area (Å²) in [4.78, 5) is 60.5. The van der Waals surface area contributed by atoms with Gasteiger partial charge in [-0.1, -0.05) is 48.0 Å². The van der Waals surface area contributed by atoms with E-state index in [1.165, 1.54) is 0 Å². The van der Waals surface area contributed by atoms with Crippen LogP contribution in [-0.4, -0.2) is 58.9 Å². The van der Waals surface area contributed by atoms with Crippen molar-refractivity contribution in [2.75, 3.05) is 0 Å². The minimum atomic E-state index is -1.52. The Morgan fingerprint density at radius 1 is 0.844 bits per heavy atom. The average Bonchev–Trinajstić information content (AvgIpc) is 2.68. The number of hydrogen-bond acceptors (Lipinski definition) is 6. The average molecular weight is 458 g/mol. The van der Waals surface area contributed by atoms with E-state index in [0.29, 0.717) is 12.8 Å². The highest BCUT2D eigenvalue weighted by molar-refractivity contribution is 5.95. The van der Waals surface area contributed by atoms with Crippen LogP contribution in [0.4, 0.5) is 0 Å². The van der Waals surface area contributed by atoms with Crippen molar-refractivity contribution in [3.63, 3.8) is 0 Å². The Morgan fingerprint density at radius 2 is 1.38 bits per heavy atom. The summed E-state index contributed by atoms with van der Waals surface area (Å²) in [5, 5.41) is 16.7. The topological polar surface area (TPSA) is 194 Å². The third-order valence-corrected chi connectivity index (χ3v) is 5.17. The maximum absolute atomic E-state index is 13.0. The molecule has 32 heavy (non-hydrogen) atoms. The van der Waals surface area contributed by atoms with Gasteiger partial charge in [0.15, 0.2) is 0 Å². The molecule has 11 heteroatoms. The number of hydrogen-bond donors (Lipinski definition) is 6. The maximum atomic E-state index is 13.0. The molecule has 11 nitrogen and oxygen atoms in total. The number of carboxylic acid groups (broad SMARTS) is 1. The van der Waals surface area contributed by atoms with E-state index in [1.807, 2.05) is 27.7 Å². The minimum absolute atomic E-state index is 0.0594. The van der Waals surface area contributed by atoms with E-state index in [9.17, 15) is 29.1 Å². The molecule has 0 rings (SSSR count). The van der Waals surface area contributed by atoms with E-state index in [4.69, 9.17) is 11.5 Å². The predicted molar refractivity (Wildman–Crippen MR) is 119 cm³/mol. The van der Waals surface area contributed by atoms with Crippen molar-refractivity contribution in [1.29, 1.82) is 0 Å². The molecule has 0 saturated carbocycles. The van der Waals surface area contributed by atoms with Gasteiger partial charge in [-0.25, -0.2) is 4.79 Å². The van der Waals surface area contributed by atoms with Crippen molar-refractivity contribution < 1.29 is 29.1 Å². The lowest BCUT2D eigenvalue weighted by molar-refractivity contribution is -0.144. The molecule has 0 aliphatic heterocycles. The number of carbonyl (C=O) groups is 5. The summed E-state index contributed by atoms with van der Waals surface area (Å²) in [5.41, 5.74) is 11.0. The van der Waals surface area contributed by atoms with Gasteiger partial charge in [-0.15, -0.1) is 0 Å². The second-order valence-electron chi connectivity index (χ2n) is 8.90. The van der Waals surface area contributed by atoms with E-state index >= 15 is 0 Å². The SMILES string of the molecule is CCC(C)C(N)C(=O)NC(CC(C)C)C(=O)NC(C(=O)NC(CC(N)=O)C(=O)O)C(C)C. The largest absolute Gasteiger partial charge is 0.480 e. The quantitative estimate of drug-likeness (QED) is 0.202. The first kappa shape index (κ1) is 29.3. The summed E-state index contributed by atoms with van der Waals surface area (Å²) >= 11 is 0. The molecule has 0 aliphatic carbocycles. The van der Waals surface area contributed by atoms with Gasteiger partial charge < -0.3 is 32.5 Å². The van der Waals surface area contributed by atoms with E-state index in [2.05, 4.69) is 16.0 Å². The highest BCUT2D eigenvalue weighted by atomic mass is 16.4. The molecular weight excluding hydrogens is 418 g/mol. The molecule has 0 spiro atoms. The Balaban J connectivity index is 5.48. The van der Waals surface area contributed by atoms with Gasteiger partial charge in [-0.2, -0.15) is 0 Å². The van der Waals surface area contributed by atoms with Crippen molar-refractivity contribution in [3.8, 4) is 0 Å². The number of carboxylic acids is 1. The van der Waals surface area contributed by atoms with Gasteiger partial charge in [0.05, 0.1) is 12.5 Å². The number of rotatable bonds is 14. The molecule has 0 aromatic carbocycles. The minimum Gasteiger partial charge on any atom is -0.480 e. The Hall–Kier alpha value is -2.69. The van der Waals surface area contributed by atoms with E-state index < -0.39 is 66.1 Å². The van der Waals surface area contributed by atoms with Crippen molar-refractivity contribution in [2.24, 2.45) is 29.2 Å². The van der Waals surface area contributed by atoms with Gasteiger partial charge >= 0.3 is 5.97 Å². The van der Waals surface area contributed by atoms with Crippen molar-refractivity contribution in [1.82, 2.24) is 16.0 Å². The third-order valence-electron chi connectivity index (χ3n) is 5.17. The predicted octanol–water partition coefficient (Wildman–Crippen LogP) is -0.524. The first-order chi connectivity index (χ1) is 14.7. The number of amides is 4. The number of nitrogens with one attached hydrogen (secondary N) is 3. The smallest absolute Gasteiger partial charge is 0.326 e. The summed E-state index contributed by atoms with van der Waals surface area (Å²) in [5.74, 6) is -4.55. The van der Waals surface area contributed by atoms with Gasteiger partial charge in [-0.05, 0) is 24.2 Å². The molecule has 0 heterocycles. The second kappa shape index (κ2) is 13.7. The molecule has 184 valence electrons. The lowest BCUT2D eigenvalue weighted by Crippen LogP contribution is -2.59. The normalized spacial score (nSPS) is 15.9. The lowest BCUT2D eigenvalue weighted by atomic mass is 9.97. The van der Waals surface area contributed by atoms with E-state index in [0.717, 1.165) is 0 Å². The zero-order chi connectivity index (χ0) is 25.2. The molecule has 4 amide bonds. The molecule has 0 aliphatic rings. The van der Waals surface area contributed by atoms with Gasteiger partial charge in [0, 0.05) is 0 Å². The highest BCUT2D eigenvalue weighted by Crippen LogP contribution is 2.11. The molecule has 8 N–H and O–H groups in total. The lowest BCUT2D eigenvalue weighted by Gasteiger charge is -2.28. The summed E-state index contributed by atoms with van der Waals surface area (Å²) < 4.78 is 0. The molecule has 0 fully saturated rings. The van der Waals surface area contributed by atoms with Crippen molar-refractivity contribution >= 4 is 29.6 Å². The van der Waals surface area contributed by atoms with Crippen LogP contribution < -0.4 is 27.4 Å². The molecule has 0 saturated heterocycles. The van der Waals surface area contributed by atoms with Crippen LogP contribution in [0, 0.1) is 17.8 Å².